The van der Waals surface area contributed by atoms with E-state index in [1.807, 2.05) is 4.90 Å². The first-order chi connectivity index (χ1) is 14.7. The van der Waals surface area contributed by atoms with Gasteiger partial charge in [0.2, 0.25) is 11.8 Å². The van der Waals surface area contributed by atoms with E-state index >= 15 is 0 Å². The van der Waals surface area contributed by atoms with Crippen LogP contribution >= 0.6 is 11.3 Å². The number of aromatic nitrogens is 1. The fourth-order valence-corrected chi connectivity index (χ4v) is 5.63. The highest BCUT2D eigenvalue weighted by Crippen LogP contribution is 2.31. The highest BCUT2D eigenvalue weighted by atomic mass is 32.1. The van der Waals surface area contributed by atoms with E-state index in [0.29, 0.717) is 16.8 Å². The van der Waals surface area contributed by atoms with Crippen LogP contribution in [0.1, 0.15) is 61.8 Å². The lowest BCUT2D eigenvalue weighted by Gasteiger charge is -2.32. The number of likely N-dealkylation sites (tertiary alicyclic amines) is 1. The van der Waals surface area contributed by atoms with Crippen molar-refractivity contribution in [3.63, 3.8) is 0 Å². The number of aromatic hydroxyl groups is 1. The van der Waals surface area contributed by atoms with Crippen LogP contribution in [-0.2, 0) is 17.6 Å². The summed E-state index contributed by atoms with van der Waals surface area (Å²) in [6.07, 6.45) is 10.9. The molecule has 1 aromatic heterocycles. The molecule has 6 heteroatoms. The van der Waals surface area contributed by atoms with Crippen LogP contribution in [0.3, 0.4) is 0 Å². The fourth-order valence-electron chi connectivity index (χ4n) is 4.70. The molecule has 1 aromatic carbocycles. The molecule has 1 saturated carbocycles. The highest BCUT2D eigenvalue weighted by Gasteiger charge is 2.25. The zero-order chi connectivity index (χ0) is 20.8. The van der Waals surface area contributed by atoms with E-state index in [0.717, 1.165) is 50.3 Å². The molecule has 1 saturated heterocycles. The van der Waals surface area contributed by atoms with Gasteiger partial charge in [0.15, 0.2) is 5.13 Å². The van der Waals surface area contributed by atoms with Gasteiger partial charge in [0.1, 0.15) is 0 Å². The summed E-state index contributed by atoms with van der Waals surface area (Å²) in [5.74, 6) is 0.764. The molecule has 0 radical (unpaired) electrons. The summed E-state index contributed by atoms with van der Waals surface area (Å²) >= 11 is 1.43. The summed E-state index contributed by atoms with van der Waals surface area (Å²) in [6.45, 7) is 1.62. The molecule has 0 unspecified atom stereocenters. The van der Waals surface area contributed by atoms with Gasteiger partial charge >= 0.3 is 0 Å². The highest BCUT2D eigenvalue weighted by molar-refractivity contribution is 7.16. The van der Waals surface area contributed by atoms with Crippen molar-refractivity contribution in [1.29, 1.82) is 0 Å². The van der Waals surface area contributed by atoms with E-state index in [2.05, 4.69) is 40.6 Å². The van der Waals surface area contributed by atoms with Gasteiger partial charge in [-0.15, -0.1) is 0 Å². The Balaban J connectivity index is 1.26. The second-order valence-electron chi connectivity index (χ2n) is 8.79. The molecule has 0 atom stereocenters. The van der Waals surface area contributed by atoms with Crippen molar-refractivity contribution in [2.24, 2.45) is 5.92 Å². The van der Waals surface area contributed by atoms with Crippen molar-refractivity contribution in [3.8, 4) is 5.88 Å². The molecule has 0 bridgehead atoms. The van der Waals surface area contributed by atoms with Crippen molar-refractivity contribution < 1.29 is 9.90 Å². The minimum atomic E-state index is 0.0171. The molecule has 1 aliphatic carbocycles. The van der Waals surface area contributed by atoms with Crippen LogP contribution in [0.2, 0.25) is 0 Å². The molecule has 2 aromatic rings. The lowest BCUT2D eigenvalue weighted by Crippen LogP contribution is -2.39. The summed E-state index contributed by atoms with van der Waals surface area (Å²) in [6, 6.07) is 11.0. The lowest BCUT2D eigenvalue weighted by atomic mass is 9.90. The molecule has 2 heterocycles. The number of amides is 1. The average Bonchev–Trinajstić information content (AvgIpc) is 2.93. The number of carbonyl (C=O) groups is 1. The largest absolute Gasteiger partial charge is 0.492 e. The SMILES string of the molecule is O=C(Cc1sc(NC2CCCCCC2)nc1O)N1CCC(Cc2ccccc2)CC1. The topological polar surface area (TPSA) is 65.5 Å². The van der Waals surface area contributed by atoms with Gasteiger partial charge in [0.05, 0.1) is 11.3 Å². The maximum Gasteiger partial charge on any atom is 0.228 e. The lowest BCUT2D eigenvalue weighted by molar-refractivity contribution is -0.131. The number of carbonyl (C=O) groups excluding carboxylic acids is 1. The standard InChI is InChI=1S/C24H33N3O2S/c28-22(27-14-12-19(13-15-27)16-18-8-4-3-5-9-18)17-21-23(29)26-24(30-21)25-20-10-6-1-2-7-11-20/h3-5,8-9,19-20,29H,1-2,6-7,10-17H2,(H,25,26). The molecule has 1 amide bonds. The van der Waals surface area contributed by atoms with Crippen molar-refractivity contribution in [3.05, 3.63) is 40.8 Å². The van der Waals surface area contributed by atoms with Gasteiger partial charge in [-0.3, -0.25) is 4.79 Å². The summed E-state index contributed by atoms with van der Waals surface area (Å²) in [5.41, 5.74) is 1.38. The third-order valence-electron chi connectivity index (χ3n) is 6.51. The maximum absolute atomic E-state index is 12.8. The van der Waals surface area contributed by atoms with Crippen molar-refractivity contribution in [1.82, 2.24) is 9.88 Å². The minimum Gasteiger partial charge on any atom is -0.492 e. The van der Waals surface area contributed by atoms with E-state index in [1.54, 1.807) is 0 Å². The predicted octanol–water partition coefficient (Wildman–Crippen LogP) is 5.01. The zero-order valence-electron chi connectivity index (χ0n) is 17.7. The van der Waals surface area contributed by atoms with E-state index in [1.165, 1.54) is 42.6 Å². The molecule has 4 rings (SSSR count). The molecule has 1 aliphatic heterocycles. The van der Waals surface area contributed by atoms with Gasteiger partial charge in [-0.1, -0.05) is 67.4 Å². The van der Waals surface area contributed by atoms with E-state index in [4.69, 9.17) is 0 Å². The van der Waals surface area contributed by atoms with E-state index < -0.39 is 0 Å². The van der Waals surface area contributed by atoms with Crippen LogP contribution < -0.4 is 5.32 Å². The van der Waals surface area contributed by atoms with Crippen LogP contribution in [0.25, 0.3) is 0 Å². The zero-order valence-corrected chi connectivity index (χ0v) is 18.5. The normalized spacial score (nSPS) is 18.9. The number of anilines is 1. The quantitative estimate of drug-likeness (QED) is 0.636. The number of hydrogen-bond acceptors (Lipinski definition) is 5. The maximum atomic E-state index is 12.8. The Hall–Kier alpha value is -2.08. The number of thiazole rings is 1. The van der Waals surface area contributed by atoms with E-state index in [-0.39, 0.29) is 18.2 Å². The molecule has 2 aliphatic rings. The molecule has 0 spiro atoms. The van der Waals surface area contributed by atoms with Gasteiger partial charge in [0, 0.05) is 19.1 Å². The third-order valence-corrected chi connectivity index (χ3v) is 7.48. The number of hydrogen-bond donors (Lipinski definition) is 2. The first-order valence-electron chi connectivity index (χ1n) is 11.4. The number of nitrogens with one attached hydrogen (secondary N) is 1. The van der Waals surface area contributed by atoms with Crippen molar-refractivity contribution >= 4 is 22.4 Å². The molecular formula is C24H33N3O2S. The number of benzene rings is 1. The predicted molar refractivity (Wildman–Crippen MR) is 122 cm³/mol. The Morgan fingerprint density at radius 2 is 1.77 bits per heavy atom. The van der Waals surface area contributed by atoms with Crippen LogP contribution in [0, 0.1) is 5.92 Å². The average molecular weight is 428 g/mol. The Morgan fingerprint density at radius 3 is 2.47 bits per heavy atom. The molecular weight excluding hydrogens is 394 g/mol. The summed E-state index contributed by atoms with van der Waals surface area (Å²) in [7, 11) is 0. The summed E-state index contributed by atoms with van der Waals surface area (Å²) in [5, 5.41) is 14.5. The first-order valence-corrected chi connectivity index (χ1v) is 12.3. The number of piperidine rings is 1. The van der Waals surface area contributed by atoms with E-state index in [9.17, 15) is 9.90 Å². The molecule has 162 valence electrons. The Kier molecular flexibility index (Phi) is 7.26. The van der Waals surface area contributed by atoms with Crippen LogP contribution in [0.15, 0.2) is 30.3 Å². The fraction of sp³-hybridized carbons (Fsp3) is 0.583. The Bertz CT molecular complexity index is 807. The summed E-state index contributed by atoms with van der Waals surface area (Å²) in [4.78, 5) is 19.7. The Labute approximate surface area is 183 Å². The Morgan fingerprint density at radius 1 is 1.07 bits per heavy atom. The van der Waals surface area contributed by atoms with Crippen LogP contribution in [0.5, 0.6) is 5.88 Å². The second kappa shape index (κ2) is 10.3. The van der Waals surface area contributed by atoms with Gasteiger partial charge in [0.25, 0.3) is 0 Å². The van der Waals surface area contributed by atoms with Crippen LogP contribution in [-0.4, -0.2) is 40.0 Å². The van der Waals surface area contributed by atoms with Crippen LogP contribution in [0.4, 0.5) is 5.13 Å². The van der Waals surface area contributed by atoms with Crippen molar-refractivity contribution in [2.75, 3.05) is 18.4 Å². The minimum absolute atomic E-state index is 0.0171. The third kappa shape index (κ3) is 5.75. The smallest absolute Gasteiger partial charge is 0.228 e. The first kappa shape index (κ1) is 21.2. The molecule has 2 N–H and O–H groups in total. The second-order valence-corrected chi connectivity index (χ2v) is 9.87. The van der Waals surface area contributed by atoms with Gasteiger partial charge in [-0.25, -0.2) is 0 Å². The molecule has 30 heavy (non-hydrogen) atoms. The monoisotopic (exact) mass is 427 g/mol. The summed E-state index contributed by atoms with van der Waals surface area (Å²) < 4.78 is 0. The van der Waals surface area contributed by atoms with Crippen molar-refractivity contribution in [2.45, 2.75) is 70.3 Å². The van der Waals surface area contributed by atoms with Gasteiger partial charge < -0.3 is 15.3 Å². The van der Waals surface area contributed by atoms with Gasteiger partial charge in [-0.2, -0.15) is 4.98 Å². The van der Waals surface area contributed by atoms with Gasteiger partial charge in [-0.05, 0) is 43.6 Å². The molecule has 5 nitrogen and oxygen atoms in total. The number of rotatable bonds is 6. The molecule has 2 fully saturated rings. The number of nitrogens with zero attached hydrogens (tertiary/aromatic N) is 2.